The zero-order valence-corrected chi connectivity index (χ0v) is 21.9. The summed E-state index contributed by atoms with van der Waals surface area (Å²) in [6, 6.07) is 0. The molecule has 0 saturated heterocycles. The van der Waals surface area contributed by atoms with Gasteiger partial charge < -0.3 is 0 Å². The largest absolute Gasteiger partial charge is 0.119 e. The van der Waals surface area contributed by atoms with Crippen molar-refractivity contribution < 1.29 is 0 Å². The van der Waals surface area contributed by atoms with E-state index in [1.54, 1.807) is 5.57 Å². The summed E-state index contributed by atoms with van der Waals surface area (Å²) < 4.78 is 0. The molecule has 0 aromatic rings. The zero-order chi connectivity index (χ0) is 22.4. The minimum atomic E-state index is -0.0625. The zero-order valence-electron chi connectivity index (χ0n) is 21.2. The maximum absolute atomic E-state index is 7.05. The van der Waals surface area contributed by atoms with Crippen LogP contribution in [-0.2, 0) is 0 Å². The molecule has 0 radical (unpaired) electrons. The van der Waals surface area contributed by atoms with Crippen molar-refractivity contribution in [2.75, 3.05) is 0 Å². The SMILES string of the molecule is C=CCC1(Cl)CC[C@@]2(C)C(=CC[C@H]3[C@@H]4CC[C@H]([C@H](C)CCCC(C)C)[C@@]4(C)CC[C@@H]32)C1. The molecule has 0 nitrogen and oxygen atoms in total. The van der Waals surface area contributed by atoms with Crippen LogP contribution in [0.5, 0.6) is 0 Å². The third-order valence-electron chi connectivity index (χ3n) is 10.9. The van der Waals surface area contributed by atoms with Gasteiger partial charge in [0, 0.05) is 0 Å². The van der Waals surface area contributed by atoms with E-state index in [4.69, 9.17) is 11.6 Å². The van der Waals surface area contributed by atoms with Crippen LogP contribution in [-0.4, -0.2) is 4.87 Å². The van der Waals surface area contributed by atoms with E-state index >= 15 is 0 Å². The highest BCUT2D eigenvalue weighted by Crippen LogP contribution is 2.68. The number of allylic oxidation sites excluding steroid dienone is 3. The van der Waals surface area contributed by atoms with E-state index in [2.05, 4.69) is 47.3 Å². The quantitative estimate of drug-likeness (QED) is 0.270. The molecule has 4 aliphatic rings. The van der Waals surface area contributed by atoms with Gasteiger partial charge in [-0.05, 0) is 104 Å². The third kappa shape index (κ3) is 4.22. The van der Waals surface area contributed by atoms with Gasteiger partial charge >= 0.3 is 0 Å². The number of hydrogen-bond donors (Lipinski definition) is 0. The number of rotatable bonds is 7. The molecule has 0 amide bonds. The topological polar surface area (TPSA) is 0 Å². The van der Waals surface area contributed by atoms with Crippen molar-refractivity contribution >= 4 is 11.6 Å². The maximum Gasteiger partial charge on any atom is 0.0518 e. The Morgan fingerprint density at radius 3 is 2.55 bits per heavy atom. The van der Waals surface area contributed by atoms with Crippen LogP contribution in [0, 0.1) is 46.3 Å². The highest BCUT2D eigenvalue weighted by molar-refractivity contribution is 6.24. The van der Waals surface area contributed by atoms with E-state index in [0.717, 1.165) is 54.8 Å². The average molecular weight is 445 g/mol. The Kier molecular flexibility index (Phi) is 6.83. The summed E-state index contributed by atoms with van der Waals surface area (Å²) in [6.45, 7) is 16.6. The molecule has 0 aromatic heterocycles. The Bertz CT molecular complexity index is 691. The van der Waals surface area contributed by atoms with Crippen LogP contribution in [0.2, 0.25) is 0 Å². The van der Waals surface area contributed by atoms with E-state index in [1.807, 2.05) is 6.08 Å². The molecule has 0 bridgehead atoms. The van der Waals surface area contributed by atoms with Crippen LogP contribution in [0.15, 0.2) is 24.3 Å². The van der Waals surface area contributed by atoms with Crippen LogP contribution in [0.3, 0.4) is 0 Å². The monoisotopic (exact) mass is 444 g/mol. The molecule has 3 saturated carbocycles. The van der Waals surface area contributed by atoms with E-state index in [9.17, 15) is 0 Å². The summed E-state index contributed by atoms with van der Waals surface area (Å²) >= 11 is 7.05. The van der Waals surface area contributed by atoms with Gasteiger partial charge in [-0.2, -0.15) is 0 Å². The minimum absolute atomic E-state index is 0.0625. The average Bonchev–Trinajstić information content (AvgIpc) is 3.06. The molecular weight excluding hydrogens is 396 g/mol. The summed E-state index contributed by atoms with van der Waals surface area (Å²) in [6.07, 6.45) is 20.7. The van der Waals surface area contributed by atoms with Crippen molar-refractivity contribution in [2.45, 2.75) is 117 Å². The molecule has 0 heterocycles. The fourth-order valence-electron chi connectivity index (χ4n) is 9.15. The van der Waals surface area contributed by atoms with Crippen LogP contribution in [0.4, 0.5) is 0 Å². The summed E-state index contributed by atoms with van der Waals surface area (Å²) in [5.74, 6) is 5.48. The van der Waals surface area contributed by atoms with Gasteiger partial charge in [-0.1, -0.05) is 71.6 Å². The number of hydrogen-bond acceptors (Lipinski definition) is 0. The molecule has 0 aromatic carbocycles. The summed E-state index contributed by atoms with van der Waals surface area (Å²) in [7, 11) is 0. The van der Waals surface area contributed by atoms with Gasteiger partial charge in [-0.15, -0.1) is 18.2 Å². The number of alkyl halides is 1. The van der Waals surface area contributed by atoms with Crippen molar-refractivity contribution in [2.24, 2.45) is 46.3 Å². The normalized spacial score (nSPS) is 45.5. The van der Waals surface area contributed by atoms with Crippen LogP contribution in [0.25, 0.3) is 0 Å². The first-order valence-corrected chi connectivity index (χ1v) is 14.0. The molecule has 1 unspecified atom stereocenters. The maximum atomic E-state index is 7.05. The summed E-state index contributed by atoms with van der Waals surface area (Å²) in [5.41, 5.74) is 2.70. The van der Waals surface area contributed by atoms with Crippen molar-refractivity contribution in [3.05, 3.63) is 24.3 Å². The lowest BCUT2D eigenvalue weighted by atomic mass is 9.46. The molecule has 4 rings (SSSR count). The van der Waals surface area contributed by atoms with Crippen molar-refractivity contribution in [1.29, 1.82) is 0 Å². The predicted molar refractivity (Wildman–Crippen MR) is 136 cm³/mol. The lowest BCUT2D eigenvalue weighted by Crippen LogP contribution is -2.51. The first-order valence-electron chi connectivity index (χ1n) is 13.6. The Balaban J connectivity index is 1.49. The van der Waals surface area contributed by atoms with Crippen molar-refractivity contribution in [3.8, 4) is 0 Å². The second kappa shape index (κ2) is 8.85. The van der Waals surface area contributed by atoms with E-state index in [0.29, 0.717) is 10.8 Å². The molecule has 3 fully saturated rings. The molecule has 0 aliphatic heterocycles. The Hall–Kier alpha value is -0.230. The molecule has 8 atom stereocenters. The standard InChI is InChI=1S/C30H49Cl/c1-7-16-30(31)19-18-28(5)23(20-30)11-12-24-26-14-13-25(22(4)10-8-9-21(2)3)29(26,6)17-15-27(24)28/h7,11,21-22,24-27H,1,8-10,12-20H2,2-6H3/t22-,24+,25-,26+,27+,28+,29-,30?/m1/s1. The van der Waals surface area contributed by atoms with Crippen LogP contribution >= 0.6 is 11.6 Å². The molecule has 1 heteroatoms. The molecule has 176 valence electrons. The van der Waals surface area contributed by atoms with E-state index < -0.39 is 0 Å². The van der Waals surface area contributed by atoms with Crippen molar-refractivity contribution in [3.63, 3.8) is 0 Å². The Labute approximate surface area is 198 Å². The summed E-state index contributed by atoms with van der Waals surface area (Å²) in [5, 5.41) is 0. The first kappa shape index (κ1) is 23.9. The Morgan fingerprint density at radius 2 is 1.84 bits per heavy atom. The highest BCUT2D eigenvalue weighted by atomic mass is 35.5. The second-order valence-electron chi connectivity index (χ2n) is 13.1. The predicted octanol–water partition coefficient (Wildman–Crippen LogP) is 9.58. The molecular formula is C30H49Cl. The molecule has 31 heavy (non-hydrogen) atoms. The lowest BCUT2D eigenvalue weighted by Gasteiger charge is -2.59. The molecule has 0 spiro atoms. The van der Waals surface area contributed by atoms with Crippen molar-refractivity contribution in [1.82, 2.24) is 0 Å². The molecule has 0 N–H and O–H groups in total. The van der Waals surface area contributed by atoms with E-state index in [-0.39, 0.29) is 4.87 Å². The highest BCUT2D eigenvalue weighted by Gasteiger charge is 2.59. The van der Waals surface area contributed by atoms with Gasteiger partial charge in [0.25, 0.3) is 0 Å². The fourth-order valence-corrected chi connectivity index (χ4v) is 9.50. The lowest BCUT2D eigenvalue weighted by molar-refractivity contribution is -0.0518. The van der Waals surface area contributed by atoms with Gasteiger partial charge in [0.15, 0.2) is 0 Å². The van der Waals surface area contributed by atoms with Gasteiger partial charge in [-0.3, -0.25) is 0 Å². The van der Waals surface area contributed by atoms with Gasteiger partial charge in [0.2, 0.25) is 0 Å². The number of halogens is 1. The third-order valence-corrected chi connectivity index (χ3v) is 11.4. The Morgan fingerprint density at radius 1 is 1.06 bits per heavy atom. The van der Waals surface area contributed by atoms with Crippen LogP contribution in [0.1, 0.15) is 112 Å². The van der Waals surface area contributed by atoms with Gasteiger partial charge in [0.05, 0.1) is 4.87 Å². The summed E-state index contributed by atoms with van der Waals surface area (Å²) in [4.78, 5) is -0.0625. The van der Waals surface area contributed by atoms with Gasteiger partial charge in [-0.25, -0.2) is 0 Å². The molecule has 4 aliphatic carbocycles. The van der Waals surface area contributed by atoms with Crippen LogP contribution < -0.4 is 0 Å². The fraction of sp³-hybridized carbons (Fsp3) is 0.867. The minimum Gasteiger partial charge on any atom is -0.119 e. The second-order valence-corrected chi connectivity index (χ2v) is 13.9. The van der Waals surface area contributed by atoms with E-state index in [1.165, 1.54) is 57.8 Å². The first-order chi connectivity index (χ1) is 14.6. The smallest absolute Gasteiger partial charge is 0.0518 e. The number of fused-ring (bicyclic) bond motifs is 5. The van der Waals surface area contributed by atoms with Gasteiger partial charge in [0.1, 0.15) is 0 Å².